The lowest BCUT2D eigenvalue weighted by Gasteiger charge is -2.37. The van der Waals surface area contributed by atoms with Crippen LogP contribution in [0.5, 0.6) is 0 Å². The molecule has 0 aromatic heterocycles. The summed E-state index contributed by atoms with van der Waals surface area (Å²) in [7, 11) is 0. The van der Waals surface area contributed by atoms with Crippen molar-refractivity contribution in [1.29, 1.82) is 0 Å². The van der Waals surface area contributed by atoms with E-state index in [2.05, 4.69) is 35.6 Å². The maximum atomic E-state index is 5.81. The molecule has 4 nitrogen and oxygen atoms in total. The Labute approximate surface area is 111 Å². The molecule has 104 valence electrons. The van der Waals surface area contributed by atoms with Gasteiger partial charge in [0.05, 0.1) is 6.54 Å². The highest BCUT2D eigenvalue weighted by molar-refractivity contribution is 5.78. The van der Waals surface area contributed by atoms with Crippen molar-refractivity contribution in [3.05, 3.63) is 12.2 Å². The molecule has 18 heavy (non-hydrogen) atoms. The minimum Gasteiger partial charge on any atom is -0.370 e. The summed E-state index contributed by atoms with van der Waals surface area (Å²) < 4.78 is 0. The summed E-state index contributed by atoms with van der Waals surface area (Å²) in [6.07, 6.45) is 3.97. The Morgan fingerprint density at radius 1 is 1.56 bits per heavy atom. The van der Waals surface area contributed by atoms with Crippen LogP contribution in [0.1, 0.15) is 40.0 Å². The Hall–Kier alpha value is -1.03. The highest BCUT2D eigenvalue weighted by Crippen LogP contribution is 2.18. The number of nitrogens with zero attached hydrogens (tertiary/aromatic N) is 2. The summed E-state index contributed by atoms with van der Waals surface area (Å²) >= 11 is 0. The topological polar surface area (TPSA) is 53.6 Å². The molecule has 0 aliphatic carbocycles. The first-order chi connectivity index (χ1) is 8.50. The maximum absolute atomic E-state index is 5.81. The zero-order chi connectivity index (χ0) is 13.5. The summed E-state index contributed by atoms with van der Waals surface area (Å²) in [6, 6.07) is 1.14. The molecule has 1 aliphatic heterocycles. The van der Waals surface area contributed by atoms with Gasteiger partial charge in [0.2, 0.25) is 0 Å². The summed E-state index contributed by atoms with van der Waals surface area (Å²) in [6.45, 7) is 13.0. The lowest BCUT2D eigenvalue weighted by Crippen LogP contribution is -2.45. The third kappa shape index (κ3) is 5.08. The van der Waals surface area contributed by atoms with Gasteiger partial charge in [-0.15, -0.1) is 0 Å². The number of hydrogen-bond acceptors (Lipinski definition) is 2. The van der Waals surface area contributed by atoms with Crippen molar-refractivity contribution in [2.75, 3.05) is 19.6 Å². The van der Waals surface area contributed by atoms with E-state index in [0.29, 0.717) is 24.6 Å². The Morgan fingerprint density at radius 2 is 2.28 bits per heavy atom. The van der Waals surface area contributed by atoms with Gasteiger partial charge in [-0.05, 0) is 40.2 Å². The second kappa shape index (κ2) is 7.41. The Morgan fingerprint density at radius 3 is 2.89 bits per heavy atom. The first kappa shape index (κ1) is 15.0. The molecule has 3 N–H and O–H groups in total. The van der Waals surface area contributed by atoms with Crippen molar-refractivity contribution in [2.45, 2.75) is 52.1 Å². The molecule has 0 aromatic rings. The molecule has 0 spiro atoms. The van der Waals surface area contributed by atoms with E-state index in [9.17, 15) is 0 Å². The zero-order valence-electron chi connectivity index (χ0n) is 12.1. The van der Waals surface area contributed by atoms with Crippen LogP contribution in [0.2, 0.25) is 0 Å². The normalized spacial score (nSPS) is 23.7. The van der Waals surface area contributed by atoms with E-state index >= 15 is 0 Å². The summed E-state index contributed by atoms with van der Waals surface area (Å²) in [4.78, 5) is 6.95. The lowest BCUT2D eigenvalue weighted by molar-refractivity contribution is 0.118. The first-order valence-corrected chi connectivity index (χ1v) is 6.94. The maximum Gasteiger partial charge on any atom is 0.188 e. The fourth-order valence-corrected chi connectivity index (χ4v) is 2.41. The summed E-state index contributed by atoms with van der Waals surface area (Å²) in [5.41, 5.74) is 6.87. The van der Waals surface area contributed by atoms with E-state index in [-0.39, 0.29) is 0 Å². The molecular formula is C14H28N4. The molecule has 0 amide bonds. The Bertz CT molecular complexity index is 298. The van der Waals surface area contributed by atoms with E-state index in [1.807, 2.05) is 6.92 Å². The van der Waals surface area contributed by atoms with E-state index in [1.54, 1.807) is 0 Å². The predicted octanol–water partition coefficient (Wildman–Crippen LogP) is 1.73. The molecule has 0 radical (unpaired) electrons. The molecule has 0 bridgehead atoms. The molecule has 2 atom stereocenters. The number of likely N-dealkylation sites (tertiary alicyclic amines) is 1. The number of nitrogens with two attached hydrogens (primary N) is 1. The molecule has 0 saturated carbocycles. The van der Waals surface area contributed by atoms with Gasteiger partial charge in [-0.2, -0.15) is 0 Å². The van der Waals surface area contributed by atoms with E-state index in [1.165, 1.54) is 25.8 Å². The van der Waals surface area contributed by atoms with Crippen molar-refractivity contribution >= 4 is 5.96 Å². The highest BCUT2D eigenvalue weighted by Gasteiger charge is 2.22. The second-order valence-electron chi connectivity index (χ2n) is 5.47. The van der Waals surface area contributed by atoms with Gasteiger partial charge in [0, 0.05) is 18.6 Å². The third-order valence-electron chi connectivity index (χ3n) is 3.52. The first-order valence-electron chi connectivity index (χ1n) is 6.94. The molecule has 1 rings (SSSR count). The van der Waals surface area contributed by atoms with E-state index in [4.69, 9.17) is 5.73 Å². The standard InChI is InChI=1S/C14H28N4/c1-11(2)9-16-14(15)17-10-13(4)18-8-6-5-7-12(18)3/h12-13H,1,5-10H2,2-4H3,(H3,15,16,17). The summed E-state index contributed by atoms with van der Waals surface area (Å²) in [5.74, 6) is 0.523. The van der Waals surface area contributed by atoms with Crippen LogP contribution in [0.4, 0.5) is 0 Å². The van der Waals surface area contributed by atoms with Crippen LogP contribution in [-0.2, 0) is 0 Å². The Kier molecular flexibility index (Phi) is 6.19. The smallest absolute Gasteiger partial charge is 0.188 e. The van der Waals surface area contributed by atoms with Crippen LogP contribution >= 0.6 is 0 Å². The van der Waals surface area contributed by atoms with Crippen LogP contribution in [0.3, 0.4) is 0 Å². The number of rotatable bonds is 5. The van der Waals surface area contributed by atoms with Crippen molar-refractivity contribution in [3.8, 4) is 0 Å². The van der Waals surface area contributed by atoms with Crippen molar-refractivity contribution in [3.63, 3.8) is 0 Å². The average Bonchev–Trinajstić information content (AvgIpc) is 2.34. The molecule has 1 heterocycles. The predicted molar refractivity (Wildman–Crippen MR) is 78.8 cm³/mol. The summed E-state index contributed by atoms with van der Waals surface area (Å²) in [5, 5.41) is 3.06. The number of guanidine groups is 1. The molecule has 1 fully saturated rings. The lowest BCUT2D eigenvalue weighted by atomic mass is 10.0. The third-order valence-corrected chi connectivity index (χ3v) is 3.52. The van der Waals surface area contributed by atoms with Gasteiger partial charge >= 0.3 is 0 Å². The second-order valence-corrected chi connectivity index (χ2v) is 5.47. The largest absolute Gasteiger partial charge is 0.370 e. The van der Waals surface area contributed by atoms with Crippen molar-refractivity contribution in [1.82, 2.24) is 10.2 Å². The SMILES string of the molecule is C=C(C)CNC(N)=NCC(C)N1CCCCC1C. The molecule has 2 unspecified atom stereocenters. The number of piperidine rings is 1. The van der Waals surface area contributed by atoms with Crippen LogP contribution in [0, 0.1) is 0 Å². The zero-order valence-corrected chi connectivity index (χ0v) is 12.1. The van der Waals surface area contributed by atoms with Crippen molar-refractivity contribution < 1.29 is 0 Å². The minimum absolute atomic E-state index is 0.463. The fraction of sp³-hybridized carbons (Fsp3) is 0.786. The number of nitrogens with one attached hydrogen (secondary N) is 1. The van der Waals surface area contributed by atoms with Gasteiger partial charge in [-0.3, -0.25) is 9.89 Å². The van der Waals surface area contributed by atoms with Gasteiger partial charge in [-0.1, -0.05) is 18.6 Å². The van der Waals surface area contributed by atoms with E-state index < -0.39 is 0 Å². The molecular weight excluding hydrogens is 224 g/mol. The van der Waals surface area contributed by atoms with Gasteiger partial charge in [0.25, 0.3) is 0 Å². The van der Waals surface area contributed by atoms with E-state index in [0.717, 1.165) is 12.1 Å². The molecule has 4 heteroatoms. The number of hydrogen-bond donors (Lipinski definition) is 2. The van der Waals surface area contributed by atoms with Crippen LogP contribution < -0.4 is 11.1 Å². The van der Waals surface area contributed by atoms with Gasteiger partial charge in [0.15, 0.2) is 5.96 Å². The highest BCUT2D eigenvalue weighted by atomic mass is 15.2. The van der Waals surface area contributed by atoms with Crippen LogP contribution in [0.15, 0.2) is 17.1 Å². The molecule has 1 saturated heterocycles. The number of aliphatic imine (C=N–C) groups is 1. The Balaban J connectivity index is 2.36. The minimum atomic E-state index is 0.463. The van der Waals surface area contributed by atoms with Crippen LogP contribution in [0.25, 0.3) is 0 Å². The van der Waals surface area contributed by atoms with Gasteiger partial charge in [0.1, 0.15) is 0 Å². The van der Waals surface area contributed by atoms with Crippen molar-refractivity contribution in [2.24, 2.45) is 10.7 Å². The molecule has 0 aromatic carbocycles. The molecule has 1 aliphatic rings. The monoisotopic (exact) mass is 252 g/mol. The quantitative estimate of drug-likeness (QED) is 0.445. The van der Waals surface area contributed by atoms with Gasteiger partial charge in [-0.25, -0.2) is 0 Å². The van der Waals surface area contributed by atoms with Crippen LogP contribution in [-0.4, -0.2) is 42.6 Å². The fourth-order valence-electron chi connectivity index (χ4n) is 2.41. The average molecular weight is 252 g/mol. The van der Waals surface area contributed by atoms with Gasteiger partial charge < -0.3 is 11.1 Å².